The number of nitrogen functional groups attached to an aromatic ring is 1. The lowest BCUT2D eigenvalue weighted by atomic mass is 10.2. The first-order chi connectivity index (χ1) is 8.08. The summed E-state index contributed by atoms with van der Waals surface area (Å²) in [5.74, 6) is -0.125. The fraction of sp³-hybridized carbons (Fsp3) is 0.0909. The lowest BCUT2D eigenvalue weighted by Crippen LogP contribution is -2.14. The lowest BCUT2D eigenvalue weighted by Gasteiger charge is -2.05. The number of hydrogen-bond acceptors (Lipinski definition) is 4. The van der Waals surface area contributed by atoms with E-state index in [0.29, 0.717) is 5.82 Å². The van der Waals surface area contributed by atoms with Crippen molar-refractivity contribution in [1.29, 1.82) is 0 Å². The van der Waals surface area contributed by atoms with Crippen LogP contribution in [-0.4, -0.2) is 16.1 Å². The highest BCUT2D eigenvalue weighted by molar-refractivity contribution is 6.02. The van der Waals surface area contributed by atoms with Crippen LogP contribution in [0.15, 0.2) is 24.3 Å². The van der Waals surface area contributed by atoms with Crippen molar-refractivity contribution in [3.05, 3.63) is 35.4 Å². The number of aryl methyl sites for hydroxylation is 1. The van der Waals surface area contributed by atoms with Gasteiger partial charge in [0.2, 0.25) is 0 Å². The van der Waals surface area contributed by atoms with Crippen LogP contribution in [0.2, 0.25) is 0 Å². The molecule has 0 unspecified atom stereocenters. The molecule has 2 aromatic rings. The number of amides is 1. The van der Waals surface area contributed by atoms with Gasteiger partial charge in [0.1, 0.15) is 11.4 Å². The van der Waals surface area contributed by atoms with E-state index in [-0.39, 0.29) is 11.4 Å². The van der Waals surface area contributed by atoms with Crippen LogP contribution in [0.1, 0.15) is 15.9 Å². The summed E-state index contributed by atoms with van der Waals surface area (Å²) in [7, 11) is 0. The number of primary amides is 1. The van der Waals surface area contributed by atoms with E-state index in [1.54, 1.807) is 0 Å². The molecule has 0 aliphatic rings. The number of aromatic nitrogens is 2. The van der Waals surface area contributed by atoms with Crippen molar-refractivity contribution < 1.29 is 4.79 Å². The first-order valence-electron chi connectivity index (χ1n) is 5.05. The summed E-state index contributed by atoms with van der Waals surface area (Å²) < 4.78 is 0. The second-order valence-corrected chi connectivity index (χ2v) is 3.72. The van der Waals surface area contributed by atoms with E-state index in [9.17, 15) is 4.79 Å². The number of H-pyrrole nitrogens is 1. The summed E-state index contributed by atoms with van der Waals surface area (Å²) in [4.78, 5) is 11.2. The Hall–Kier alpha value is -2.50. The quantitative estimate of drug-likeness (QED) is 0.634. The smallest absolute Gasteiger partial charge is 0.256 e. The third kappa shape index (κ3) is 2.20. The molecule has 2 rings (SSSR count). The summed E-state index contributed by atoms with van der Waals surface area (Å²) in [6, 6.07) is 7.66. The van der Waals surface area contributed by atoms with Crippen LogP contribution in [0.5, 0.6) is 0 Å². The lowest BCUT2D eigenvalue weighted by molar-refractivity contribution is 0.100. The molecule has 0 atom stereocenters. The molecule has 0 fully saturated rings. The van der Waals surface area contributed by atoms with Crippen LogP contribution in [-0.2, 0) is 0 Å². The molecule has 0 saturated carbocycles. The third-order valence-electron chi connectivity index (χ3n) is 2.32. The maximum Gasteiger partial charge on any atom is 0.256 e. The van der Waals surface area contributed by atoms with Gasteiger partial charge < -0.3 is 16.8 Å². The van der Waals surface area contributed by atoms with Crippen molar-refractivity contribution in [3.8, 4) is 0 Å². The number of nitrogens with zero attached hydrogens (tertiary/aromatic N) is 1. The standard InChI is InChI=1S/C11H13N5O/c1-6-3-2-4-7(5-6)14-11-8(10(13)17)9(12)15-16-11/h2-5H,1H3,(H2,13,17)(H4,12,14,15,16). The number of aromatic amines is 1. The normalized spacial score (nSPS) is 10.2. The molecule has 0 saturated heterocycles. The zero-order chi connectivity index (χ0) is 12.4. The highest BCUT2D eigenvalue weighted by atomic mass is 16.1. The van der Waals surface area contributed by atoms with Gasteiger partial charge in [-0.3, -0.25) is 9.89 Å². The molecule has 0 radical (unpaired) electrons. The molecular weight excluding hydrogens is 218 g/mol. The van der Waals surface area contributed by atoms with Gasteiger partial charge in [0.25, 0.3) is 5.91 Å². The molecule has 0 aliphatic heterocycles. The highest BCUT2D eigenvalue weighted by Gasteiger charge is 2.16. The Labute approximate surface area is 98.0 Å². The Balaban J connectivity index is 2.33. The fourth-order valence-corrected chi connectivity index (χ4v) is 1.55. The first-order valence-corrected chi connectivity index (χ1v) is 5.05. The van der Waals surface area contributed by atoms with E-state index in [2.05, 4.69) is 15.5 Å². The Morgan fingerprint density at radius 1 is 1.47 bits per heavy atom. The number of carbonyl (C=O) groups excluding carboxylic acids is 1. The molecule has 0 spiro atoms. The second kappa shape index (κ2) is 4.17. The number of benzene rings is 1. The van der Waals surface area contributed by atoms with E-state index in [0.717, 1.165) is 11.3 Å². The topological polar surface area (TPSA) is 110 Å². The second-order valence-electron chi connectivity index (χ2n) is 3.72. The minimum Gasteiger partial charge on any atom is -0.383 e. The van der Waals surface area contributed by atoms with Crippen molar-refractivity contribution in [2.75, 3.05) is 11.1 Å². The van der Waals surface area contributed by atoms with Gasteiger partial charge in [-0.25, -0.2) is 0 Å². The van der Waals surface area contributed by atoms with E-state index in [1.165, 1.54) is 0 Å². The van der Waals surface area contributed by atoms with Crippen LogP contribution in [0.3, 0.4) is 0 Å². The predicted octanol–water partition coefficient (Wildman–Crippen LogP) is 1.14. The summed E-state index contributed by atoms with van der Waals surface area (Å²) in [6.07, 6.45) is 0. The largest absolute Gasteiger partial charge is 0.383 e. The average Bonchev–Trinajstić information content (AvgIpc) is 2.59. The molecule has 1 heterocycles. The maximum atomic E-state index is 11.2. The molecule has 0 bridgehead atoms. The number of nitrogens with one attached hydrogen (secondary N) is 2. The van der Waals surface area contributed by atoms with Crippen molar-refractivity contribution in [2.24, 2.45) is 5.73 Å². The van der Waals surface area contributed by atoms with E-state index in [4.69, 9.17) is 11.5 Å². The fourth-order valence-electron chi connectivity index (χ4n) is 1.55. The number of hydrogen-bond donors (Lipinski definition) is 4. The van der Waals surface area contributed by atoms with E-state index >= 15 is 0 Å². The highest BCUT2D eigenvalue weighted by Crippen LogP contribution is 2.22. The van der Waals surface area contributed by atoms with Crippen molar-refractivity contribution in [2.45, 2.75) is 6.92 Å². The van der Waals surface area contributed by atoms with Crippen LogP contribution in [0, 0.1) is 6.92 Å². The Kier molecular flexibility index (Phi) is 2.70. The van der Waals surface area contributed by atoms with Crippen LogP contribution < -0.4 is 16.8 Å². The Bertz CT molecular complexity index is 561. The summed E-state index contributed by atoms with van der Waals surface area (Å²) in [6.45, 7) is 1.97. The number of carbonyl (C=O) groups is 1. The third-order valence-corrected chi connectivity index (χ3v) is 2.32. The Morgan fingerprint density at radius 3 is 2.88 bits per heavy atom. The van der Waals surface area contributed by atoms with Crippen LogP contribution in [0.4, 0.5) is 17.3 Å². The summed E-state index contributed by atoms with van der Waals surface area (Å²) >= 11 is 0. The Morgan fingerprint density at radius 2 is 2.24 bits per heavy atom. The molecule has 0 aliphatic carbocycles. The van der Waals surface area contributed by atoms with Gasteiger partial charge in [0.15, 0.2) is 5.82 Å². The molecule has 1 aromatic heterocycles. The van der Waals surface area contributed by atoms with E-state index in [1.807, 2.05) is 31.2 Å². The zero-order valence-corrected chi connectivity index (χ0v) is 9.32. The van der Waals surface area contributed by atoms with Gasteiger partial charge in [-0.2, -0.15) is 5.10 Å². The molecule has 1 amide bonds. The van der Waals surface area contributed by atoms with Crippen LogP contribution in [0.25, 0.3) is 0 Å². The maximum absolute atomic E-state index is 11.2. The molecule has 17 heavy (non-hydrogen) atoms. The molecule has 6 N–H and O–H groups in total. The summed E-state index contributed by atoms with van der Waals surface area (Å²) in [5.41, 5.74) is 12.9. The molecule has 88 valence electrons. The zero-order valence-electron chi connectivity index (χ0n) is 9.32. The molecule has 1 aromatic carbocycles. The van der Waals surface area contributed by atoms with Gasteiger partial charge >= 0.3 is 0 Å². The minimum atomic E-state index is -0.619. The first kappa shape index (κ1) is 11.0. The van der Waals surface area contributed by atoms with E-state index < -0.39 is 5.91 Å². The van der Waals surface area contributed by atoms with Gasteiger partial charge in [-0.05, 0) is 24.6 Å². The van der Waals surface area contributed by atoms with Crippen molar-refractivity contribution in [3.63, 3.8) is 0 Å². The monoisotopic (exact) mass is 231 g/mol. The molecule has 6 heteroatoms. The number of rotatable bonds is 3. The SMILES string of the molecule is Cc1cccc(Nc2n[nH]c(N)c2C(N)=O)c1. The minimum absolute atomic E-state index is 0.160. The van der Waals surface area contributed by atoms with Gasteiger partial charge in [-0.1, -0.05) is 12.1 Å². The van der Waals surface area contributed by atoms with Crippen LogP contribution >= 0.6 is 0 Å². The average molecular weight is 231 g/mol. The van der Waals surface area contributed by atoms with Crippen molar-refractivity contribution >= 4 is 23.2 Å². The van der Waals surface area contributed by atoms with Gasteiger partial charge in [0.05, 0.1) is 0 Å². The van der Waals surface area contributed by atoms with Crippen molar-refractivity contribution in [1.82, 2.24) is 10.2 Å². The number of nitrogens with two attached hydrogens (primary N) is 2. The van der Waals surface area contributed by atoms with Gasteiger partial charge in [0, 0.05) is 5.69 Å². The summed E-state index contributed by atoms with van der Waals surface area (Å²) in [5, 5.41) is 9.41. The molecule has 6 nitrogen and oxygen atoms in total. The van der Waals surface area contributed by atoms with Gasteiger partial charge in [-0.15, -0.1) is 0 Å². The number of anilines is 3. The molecular formula is C11H13N5O. The predicted molar refractivity (Wildman–Crippen MR) is 66.0 cm³/mol.